The Kier molecular flexibility index (Phi) is 5.69. The summed E-state index contributed by atoms with van der Waals surface area (Å²) in [5.74, 6) is -0.924. The summed E-state index contributed by atoms with van der Waals surface area (Å²) in [5.41, 5.74) is 3.71. The first-order valence-corrected chi connectivity index (χ1v) is 7.31. The van der Waals surface area contributed by atoms with Crippen molar-refractivity contribution in [3.8, 4) is 0 Å². The third-order valence-corrected chi connectivity index (χ3v) is 3.74. The second kappa shape index (κ2) is 7.73. The summed E-state index contributed by atoms with van der Waals surface area (Å²) in [5, 5.41) is 21.7. The molecule has 0 aliphatic carbocycles. The molecule has 22 heavy (non-hydrogen) atoms. The van der Waals surface area contributed by atoms with E-state index in [4.69, 9.17) is 5.11 Å². The maximum atomic E-state index is 10.8. The van der Waals surface area contributed by atoms with Crippen molar-refractivity contribution in [2.75, 3.05) is 6.61 Å². The Morgan fingerprint density at radius 3 is 2.41 bits per heavy atom. The van der Waals surface area contributed by atoms with Crippen molar-refractivity contribution in [1.82, 2.24) is 5.32 Å². The lowest BCUT2D eigenvalue weighted by molar-refractivity contribution is 0.0697. The minimum Gasteiger partial charge on any atom is -0.478 e. The van der Waals surface area contributed by atoms with Crippen LogP contribution in [0.4, 0.5) is 0 Å². The molecule has 0 saturated carbocycles. The minimum atomic E-state index is -0.924. The number of rotatable bonds is 7. The zero-order chi connectivity index (χ0) is 15.9. The van der Waals surface area contributed by atoms with Crippen LogP contribution in [0, 0.1) is 6.92 Å². The lowest BCUT2D eigenvalue weighted by Crippen LogP contribution is -2.34. The molecular weight excluding hydrogens is 278 g/mol. The van der Waals surface area contributed by atoms with Gasteiger partial charge in [-0.1, -0.05) is 36.4 Å². The van der Waals surface area contributed by atoms with Gasteiger partial charge in [0.25, 0.3) is 0 Å². The number of aromatic carboxylic acids is 1. The fraction of sp³-hybridized carbons (Fsp3) is 0.278. The number of carboxylic acid groups (broad SMARTS) is 1. The zero-order valence-corrected chi connectivity index (χ0v) is 12.6. The third kappa shape index (κ3) is 4.41. The Hall–Kier alpha value is -2.17. The average molecular weight is 299 g/mol. The van der Waals surface area contributed by atoms with Crippen LogP contribution in [0.2, 0.25) is 0 Å². The van der Waals surface area contributed by atoms with Crippen LogP contribution < -0.4 is 5.32 Å². The quantitative estimate of drug-likeness (QED) is 0.734. The first-order valence-electron chi connectivity index (χ1n) is 7.31. The van der Waals surface area contributed by atoms with Crippen molar-refractivity contribution in [1.29, 1.82) is 0 Å². The summed E-state index contributed by atoms with van der Waals surface area (Å²) >= 11 is 0. The summed E-state index contributed by atoms with van der Waals surface area (Å²) in [4.78, 5) is 10.8. The number of carboxylic acids is 1. The highest BCUT2D eigenvalue weighted by atomic mass is 16.4. The number of nitrogens with one attached hydrogen (secondary N) is 1. The maximum Gasteiger partial charge on any atom is 0.335 e. The van der Waals surface area contributed by atoms with Gasteiger partial charge >= 0.3 is 5.97 Å². The van der Waals surface area contributed by atoms with Gasteiger partial charge in [-0.25, -0.2) is 4.79 Å². The van der Waals surface area contributed by atoms with Crippen molar-refractivity contribution in [3.63, 3.8) is 0 Å². The van der Waals surface area contributed by atoms with Crippen molar-refractivity contribution in [3.05, 3.63) is 70.8 Å². The first kappa shape index (κ1) is 16.2. The molecule has 0 bridgehead atoms. The average Bonchev–Trinajstić information content (AvgIpc) is 2.53. The van der Waals surface area contributed by atoms with Crippen LogP contribution in [0.25, 0.3) is 0 Å². The molecule has 4 nitrogen and oxygen atoms in total. The molecule has 0 saturated heterocycles. The Morgan fingerprint density at radius 2 is 1.82 bits per heavy atom. The molecule has 0 amide bonds. The van der Waals surface area contributed by atoms with E-state index in [2.05, 4.69) is 24.4 Å². The molecule has 2 rings (SSSR count). The molecule has 0 spiro atoms. The number of carbonyl (C=O) groups is 1. The van der Waals surface area contributed by atoms with Crippen LogP contribution in [-0.4, -0.2) is 28.8 Å². The molecule has 3 N–H and O–H groups in total. The van der Waals surface area contributed by atoms with E-state index in [0.717, 1.165) is 12.0 Å². The summed E-state index contributed by atoms with van der Waals surface area (Å²) in [6.07, 6.45) is 0.760. The highest BCUT2D eigenvalue weighted by Crippen LogP contribution is 2.10. The van der Waals surface area contributed by atoms with E-state index in [1.54, 1.807) is 24.3 Å². The molecule has 0 fully saturated rings. The molecule has 0 aliphatic rings. The number of aryl methyl sites for hydroxylation is 1. The zero-order valence-electron chi connectivity index (χ0n) is 12.6. The standard InChI is InChI=1S/C18H21NO3/c1-13-4-2-3-5-16(13)10-17(12-20)19-11-14-6-8-15(9-7-14)18(21)22/h2-9,17,19-20H,10-12H2,1H3,(H,21,22). The highest BCUT2D eigenvalue weighted by Gasteiger charge is 2.10. The highest BCUT2D eigenvalue weighted by molar-refractivity contribution is 5.87. The van der Waals surface area contributed by atoms with Gasteiger partial charge in [-0.3, -0.25) is 0 Å². The lowest BCUT2D eigenvalue weighted by atomic mass is 10.0. The third-order valence-electron chi connectivity index (χ3n) is 3.74. The minimum absolute atomic E-state index is 0.0275. The van der Waals surface area contributed by atoms with Gasteiger partial charge in [0, 0.05) is 12.6 Å². The molecular formula is C18H21NO3. The largest absolute Gasteiger partial charge is 0.478 e. The van der Waals surface area contributed by atoms with E-state index in [0.29, 0.717) is 6.54 Å². The molecule has 0 radical (unpaired) electrons. The SMILES string of the molecule is Cc1ccccc1CC(CO)NCc1ccc(C(=O)O)cc1. The molecule has 0 aromatic heterocycles. The molecule has 0 heterocycles. The van der Waals surface area contributed by atoms with Crippen LogP contribution in [0.1, 0.15) is 27.0 Å². The fourth-order valence-corrected chi connectivity index (χ4v) is 2.33. The van der Waals surface area contributed by atoms with E-state index >= 15 is 0 Å². The topological polar surface area (TPSA) is 69.6 Å². The Morgan fingerprint density at radius 1 is 1.14 bits per heavy atom. The maximum absolute atomic E-state index is 10.8. The van der Waals surface area contributed by atoms with Crippen LogP contribution in [-0.2, 0) is 13.0 Å². The smallest absolute Gasteiger partial charge is 0.335 e. The van der Waals surface area contributed by atoms with Gasteiger partial charge in [0.1, 0.15) is 0 Å². The normalized spacial score (nSPS) is 12.1. The van der Waals surface area contributed by atoms with E-state index in [-0.39, 0.29) is 18.2 Å². The van der Waals surface area contributed by atoms with E-state index in [1.165, 1.54) is 11.1 Å². The number of aliphatic hydroxyl groups is 1. The molecule has 1 unspecified atom stereocenters. The van der Waals surface area contributed by atoms with Crippen LogP contribution >= 0.6 is 0 Å². The monoisotopic (exact) mass is 299 g/mol. The molecule has 1 atom stereocenters. The first-order chi connectivity index (χ1) is 10.6. The van der Waals surface area contributed by atoms with Gasteiger partial charge in [0.15, 0.2) is 0 Å². The summed E-state index contributed by atoms with van der Waals surface area (Å²) in [7, 11) is 0. The molecule has 2 aromatic rings. The van der Waals surface area contributed by atoms with Gasteiger partial charge < -0.3 is 15.5 Å². The van der Waals surface area contributed by atoms with Crippen LogP contribution in [0.5, 0.6) is 0 Å². The fourth-order valence-electron chi connectivity index (χ4n) is 2.33. The van der Waals surface area contributed by atoms with E-state index in [1.807, 2.05) is 12.1 Å². The Labute approximate surface area is 130 Å². The van der Waals surface area contributed by atoms with E-state index in [9.17, 15) is 9.90 Å². The summed E-state index contributed by atoms with van der Waals surface area (Å²) in [6.45, 7) is 2.72. The molecule has 2 aromatic carbocycles. The number of hydrogen-bond donors (Lipinski definition) is 3. The van der Waals surface area contributed by atoms with Crippen molar-refractivity contribution < 1.29 is 15.0 Å². The van der Waals surface area contributed by atoms with Gasteiger partial charge in [-0.05, 0) is 42.2 Å². The predicted octanol–water partition coefficient (Wildman–Crippen LogP) is 2.39. The Balaban J connectivity index is 1.93. The van der Waals surface area contributed by atoms with Gasteiger partial charge in [-0.2, -0.15) is 0 Å². The summed E-state index contributed by atoms with van der Waals surface area (Å²) in [6, 6.07) is 14.9. The second-order valence-electron chi connectivity index (χ2n) is 5.39. The van der Waals surface area contributed by atoms with E-state index < -0.39 is 5.97 Å². The predicted molar refractivity (Wildman–Crippen MR) is 86.0 cm³/mol. The number of aliphatic hydroxyl groups excluding tert-OH is 1. The van der Waals surface area contributed by atoms with Crippen LogP contribution in [0.3, 0.4) is 0 Å². The van der Waals surface area contributed by atoms with Crippen molar-refractivity contribution in [2.24, 2.45) is 0 Å². The van der Waals surface area contributed by atoms with Gasteiger partial charge in [-0.15, -0.1) is 0 Å². The molecule has 0 aliphatic heterocycles. The summed E-state index contributed by atoms with van der Waals surface area (Å²) < 4.78 is 0. The van der Waals surface area contributed by atoms with Crippen LogP contribution in [0.15, 0.2) is 48.5 Å². The van der Waals surface area contributed by atoms with Crippen molar-refractivity contribution in [2.45, 2.75) is 25.9 Å². The Bertz CT molecular complexity index is 622. The lowest BCUT2D eigenvalue weighted by Gasteiger charge is -2.17. The molecule has 4 heteroatoms. The second-order valence-corrected chi connectivity index (χ2v) is 5.39. The van der Waals surface area contributed by atoms with Gasteiger partial charge in [0.05, 0.1) is 12.2 Å². The molecule has 116 valence electrons. The van der Waals surface area contributed by atoms with Crippen molar-refractivity contribution >= 4 is 5.97 Å². The number of benzene rings is 2. The number of hydrogen-bond acceptors (Lipinski definition) is 3. The van der Waals surface area contributed by atoms with Gasteiger partial charge in [0.2, 0.25) is 0 Å².